The maximum atomic E-state index is 12.6. The molecule has 126 valence electrons. The van der Waals surface area contributed by atoms with Gasteiger partial charge in [-0.1, -0.05) is 41.2 Å². The Morgan fingerprint density at radius 2 is 1.96 bits per heavy atom. The van der Waals surface area contributed by atoms with Crippen LogP contribution in [0.3, 0.4) is 0 Å². The molecule has 0 bridgehead atoms. The number of fused-ring (bicyclic) bond motifs is 2. The maximum Gasteiger partial charge on any atom is 0.283 e. The van der Waals surface area contributed by atoms with Gasteiger partial charge in [0, 0.05) is 0 Å². The Balaban J connectivity index is 1.75. The summed E-state index contributed by atoms with van der Waals surface area (Å²) in [7, 11) is 0. The molecule has 0 unspecified atom stereocenters. The SMILES string of the molecule is Cc1ccc(O[C@@H](C)c2nn3c(=O)c4ccccc4nc3s2)c(C)c1. The molecule has 4 aromatic rings. The first kappa shape index (κ1) is 15.8. The Morgan fingerprint density at radius 1 is 1.16 bits per heavy atom. The quantitative estimate of drug-likeness (QED) is 0.558. The summed E-state index contributed by atoms with van der Waals surface area (Å²) < 4.78 is 7.42. The van der Waals surface area contributed by atoms with E-state index in [0.717, 1.165) is 16.3 Å². The van der Waals surface area contributed by atoms with E-state index >= 15 is 0 Å². The summed E-state index contributed by atoms with van der Waals surface area (Å²) in [5.74, 6) is 0.822. The maximum absolute atomic E-state index is 12.6. The summed E-state index contributed by atoms with van der Waals surface area (Å²) in [5, 5.41) is 5.73. The Hall–Kier alpha value is -2.73. The summed E-state index contributed by atoms with van der Waals surface area (Å²) in [6.07, 6.45) is -0.268. The van der Waals surface area contributed by atoms with Crippen LogP contribution in [0.15, 0.2) is 47.3 Å². The van der Waals surface area contributed by atoms with Crippen LogP contribution in [0.1, 0.15) is 29.2 Å². The highest BCUT2D eigenvalue weighted by molar-refractivity contribution is 7.16. The first-order chi connectivity index (χ1) is 12.0. The van der Waals surface area contributed by atoms with Gasteiger partial charge in [-0.15, -0.1) is 0 Å². The van der Waals surface area contributed by atoms with Crippen LogP contribution in [0.25, 0.3) is 15.9 Å². The molecule has 4 rings (SSSR count). The van der Waals surface area contributed by atoms with E-state index in [-0.39, 0.29) is 11.7 Å². The van der Waals surface area contributed by atoms with E-state index in [1.54, 1.807) is 6.07 Å². The molecule has 0 aliphatic carbocycles. The Morgan fingerprint density at radius 3 is 2.76 bits per heavy atom. The molecule has 6 heteroatoms. The van der Waals surface area contributed by atoms with Gasteiger partial charge < -0.3 is 4.74 Å². The molecular formula is C19H17N3O2S. The van der Waals surface area contributed by atoms with Crippen LogP contribution < -0.4 is 10.3 Å². The van der Waals surface area contributed by atoms with Crippen molar-refractivity contribution in [3.63, 3.8) is 0 Å². The van der Waals surface area contributed by atoms with Crippen molar-refractivity contribution in [2.45, 2.75) is 26.9 Å². The molecule has 0 aliphatic heterocycles. The highest BCUT2D eigenvalue weighted by atomic mass is 32.1. The molecule has 2 aromatic heterocycles. The zero-order valence-electron chi connectivity index (χ0n) is 14.2. The van der Waals surface area contributed by atoms with Crippen molar-refractivity contribution < 1.29 is 4.74 Å². The third kappa shape index (κ3) is 2.78. The molecule has 2 heterocycles. The number of aryl methyl sites for hydroxylation is 2. The first-order valence-corrected chi connectivity index (χ1v) is 8.87. The van der Waals surface area contributed by atoms with Gasteiger partial charge in [-0.25, -0.2) is 4.98 Å². The van der Waals surface area contributed by atoms with E-state index < -0.39 is 0 Å². The van der Waals surface area contributed by atoms with Crippen LogP contribution in [0.4, 0.5) is 0 Å². The van der Waals surface area contributed by atoms with Gasteiger partial charge in [-0.2, -0.15) is 9.61 Å². The number of hydrogen-bond donors (Lipinski definition) is 0. The van der Waals surface area contributed by atoms with Gasteiger partial charge in [0.1, 0.15) is 11.9 Å². The third-order valence-electron chi connectivity index (χ3n) is 4.10. The molecule has 0 aliphatic rings. The zero-order valence-corrected chi connectivity index (χ0v) is 15.0. The Bertz CT molecular complexity index is 1150. The van der Waals surface area contributed by atoms with Crippen molar-refractivity contribution in [1.29, 1.82) is 0 Å². The fourth-order valence-electron chi connectivity index (χ4n) is 2.81. The average Bonchev–Trinajstić information content (AvgIpc) is 3.02. The number of hydrogen-bond acceptors (Lipinski definition) is 5. The first-order valence-electron chi connectivity index (χ1n) is 8.05. The summed E-state index contributed by atoms with van der Waals surface area (Å²) in [6, 6.07) is 13.4. The molecule has 1 atom stereocenters. The molecule has 0 fully saturated rings. The van der Waals surface area contributed by atoms with Crippen molar-refractivity contribution in [2.24, 2.45) is 0 Å². The lowest BCUT2D eigenvalue weighted by Gasteiger charge is -2.14. The molecular weight excluding hydrogens is 334 g/mol. The van der Waals surface area contributed by atoms with Gasteiger partial charge in [-0.05, 0) is 44.5 Å². The minimum Gasteiger partial charge on any atom is -0.483 e. The van der Waals surface area contributed by atoms with Gasteiger partial charge in [0.15, 0.2) is 5.01 Å². The van der Waals surface area contributed by atoms with E-state index in [1.807, 2.05) is 44.2 Å². The summed E-state index contributed by atoms with van der Waals surface area (Å²) in [4.78, 5) is 17.7. The van der Waals surface area contributed by atoms with Gasteiger partial charge in [0.2, 0.25) is 4.96 Å². The van der Waals surface area contributed by atoms with Crippen LogP contribution in [-0.2, 0) is 0 Å². The number of rotatable bonds is 3. The predicted molar refractivity (Wildman–Crippen MR) is 99.6 cm³/mol. The highest BCUT2D eigenvalue weighted by Crippen LogP contribution is 2.28. The van der Waals surface area contributed by atoms with E-state index in [2.05, 4.69) is 23.1 Å². The smallest absolute Gasteiger partial charge is 0.283 e. The monoisotopic (exact) mass is 351 g/mol. The molecule has 5 nitrogen and oxygen atoms in total. The number of ether oxygens (including phenoxy) is 1. The van der Waals surface area contributed by atoms with Crippen molar-refractivity contribution >= 4 is 27.2 Å². The second-order valence-electron chi connectivity index (χ2n) is 6.10. The van der Waals surface area contributed by atoms with Gasteiger partial charge in [0.05, 0.1) is 10.9 Å². The van der Waals surface area contributed by atoms with Crippen LogP contribution in [0.5, 0.6) is 5.75 Å². The number of benzene rings is 2. The molecule has 0 spiro atoms. The number of nitrogens with zero attached hydrogens (tertiary/aromatic N) is 3. The van der Waals surface area contributed by atoms with E-state index in [0.29, 0.717) is 15.9 Å². The van der Waals surface area contributed by atoms with E-state index in [1.165, 1.54) is 21.4 Å². The Kier molecular flexibility index (Phi) is 3.77. The zero-order chi connectivity index (χ0) is 17.6. The number of para-hydroxylation sites is 1. The second-order valence-corrected chi connectivity index (χ2v) is 7.09. The van der Waals surface area contributed by atoms with Crippen molar-refractivity contribution in [2.75, 3.05) is 0 Å². The lowest BCUT2D eigenvalue weighted by Crippen LogP contribution is -2.15. The lowest BCUT2D eigenvalue weighted by atomic mass is 10.1. The minimum absolute atomic E-state index is 0.151. The second kappa shape index (κ2) is 5.97. The van der Waals surface area contributed by atoms with Crippen LogP contribution in [-0.4, -0.2) is 14.6 Å². The highest BCUT2D eigenvalue weighted by Gasteiger charge is 2.17. The topological polar surface area (TPSA) is 56.5 Å². The van der Waals surface area contributed by atoms with Crippen LogP contribution >= 0.6 is 11.3 Å². The Labute approximate surface area is 148 Å². The average molecular weight is 351 g/mol. The molecule has 0 radical (unpaired) electrons. The summed E-state index contributed by atoms with van der Waals surface area (Å²) >= 11 is 1.38. The molecule has 2 aromatic carbocycles. The minimum atomic E-state index is -0.268. The third-order valence-corrected chi connectivity index (χ3v) is 5.17. The van der Waals surface area contributed by atoms with Crippen molar-refractivity contribution in [3.05, 3.63) is 69.0 Å². The van der Waals surface area contributed by atoms with Gasteiger partial charge in [0.25, 0.3) is 5.56 Å². The van der Waals surface area contributed by atoms with Crippen molar-refractivity contribution in [3.8, 4) is 5.75 Å². The molecule has 0 N–H and O–H groups in total. The molecule has 0 amide bonds. The normalized spacial score (nSPS) is 12.6. The fraction of sp³-hybridized carbons (Fsp3) is 0.211. The predicted octanol–water partition coefficient (Wildman–Crippen LogP) is 4.06. The largest absolute Gasteiger partial charge is 0.483 e. The molecule has 0 saturated heterocycles. The fourth-order valence-corrected chi connectivity index (χ4v) is 3.68. The van der Waals surface area contributed by atoms with Crippen LogP contribution in [0.2, 0.25) is 0 Å². The summed E-state index contributed by atoms with van der Waals surface area (Å²) in [5.41, 5.74) is 2.81. The van der Waals surface area contributed by atoms with Gasteiger partial charge >= 0.3 is 0 Å². The van der Waals surface area contributed by atoms with E-state index in [9.17, 15) is 4.79 Å². The molecule has 25 heavy (non-hydrogen) atoms. The standard InChI is InChI=1S/C19H17N3O2S/c1-11-8-9-16(12(2)10-11)24-13(3)17-21-22-18(23)14-6-4-5-7-15(14)20-19(22)25-17/h4-10,13H,1-3H3/t13-/m0/s1. The van der Waals surface area contributed by atoms with E-state index in [4.69, 9.17) is 4.74 Å². The summed E-state index contributed by atoms with van der Waals surface area (Å²) in [6.45, 7) is 6.00. The molecule has 0 saturated carbocycles. The lowest BCUT2D eigenvalue weighted by molar-refractivity contribution is 0.223. The van der Waals surface area contributed by atoms with Crippen LogP contribution in [0, 0.1) is 13.8 Å². The van der Waals surface area contributed by atoms with Crippen molar-refractivity contribution in [1.82, 2.24) is 14.6 Å². The number of aromatic nitrogens is 3. The van der Waals surface area contributed by atoms with Gasteiger partial charge in [-0.3, -0.25) is 4.79 Å².